The smallest absolute Gasteiger partial charge is 0.338 e. The Balaban J connectivity index is 1.92. The van der Waals surface area contributed by atoms with E-state index in [9.17, 15) is 4.79 Å². The molecule has 0 saturated carbocycles. The zero-order valence-electron chi connectivity index (χ0n) is 12.0. The highest BCUT2D eigenvalue weighted by Gasteiger charge is 2.09. The molecule has 21 heavy (non-hydrogen) atoms. The lowest BCUT2D eigenvalue weighted by molar-refractivity contribution is 0.0425. The minimum atomic E-state index is -0.364. The zero-order chi connectivity index (χ0) is 15.1. The molecule has 2 rings (SSSR count). The summed E-state index contributed by atoms with van der Waals surface area (Å²) in [7, 11) is 0. The molecule has 0 radical (unpaired) electrons. The van der Waals surface area contributed by atoms with Crippen LogP contribution in [-0.4, -0.2) is 12.1 Å². The second-order valence-electron chi connectivity index (χ2n) is 4.64. The summed E-state index contributed by atoms with van der Waals surface area (Å²) in [6.07, 6.45) is 1.28. The van der Waals surface area contributed by atoms with Crippen molar-refractivity contribution in [2.75, 3.05) is 0 Å². The molecular formula is C18H18O3. The second-order valence-corrected chi connectivity index (χ2v) is 4.64. The van der Waals surface area contributed by atoms with Crippen LogP contribution in [0.5, 0.6) is 5.75 Å². The highest BCUT2D eigenvalue weighted by Crippen LogP contribution is 2.15. The number of hydrogen-bond acceptors (Lipinski definition) is 3. The van der Waals surface area contributed by atoms with Crippen LogP contribution in [0, 0.1) is 0 Å². The Labute approximate surface area is 124 Å². The average Bonchev–Trinajstić information content (AvgIpc) is 2.54. The van der Waals surface area contributed by atoms with Gasteiger partial charge < -0.3 is 9.47 Å². The molecule has 108 valence electrons. The van der Waals surface area contributed by atoms with E-state index in [0.29, 0.717) is 17.9 Å². The van der Waals surface area contributed by atoms with Crippen molar-refractivity contribution in [1.82, 2.24) is 0 Å². The molecule has 1 atom stereocenters. The van der Waals surface area contributed by atoms with Crippen molar-refractivity contribution in [3.05, 3.63) is 78.4 Å². The zero-order valence-corrected chi connectivity index (χ0v) is 12.0. The Morgan fingerprint density at radius 3 is 2.43 bits per heavy atom. The van der Waals surface area contributed by atoms with Crippen LogP contribution in [0.15, 0.2) is 67.3 Å². The van der Waals surface area contributed by atoms with E-state index >= 15 is 0 Å². The third kappa shape index (κ3) is 4.49. The summed E-state index contributed by atoms with van der Waals surface area (Å²) in [4.78, 5) is 11.8. The van der Waals surface area contributed by atoms with E-state index in [1.807, 2.05) is 30.3 Å². The van der Waals surface area contributed by atoms with Gasteiger partial charge in [-0.1, -0.05) is 43.0 Å². The average molecular weight is 282 g/mol. The molecular weight excluding hydrogens is 264 g/mol. The first-order valence-electron chi connectivity index (χ1n) is 6.79. The molecule has 2 aromatic rings. The first-order chi connectivity index (χ1) is 10.2. The summed E-state index contributed by atoms with van der Waals surface area (Å²) >= 11 is 0. The topological polar surface area (TPSA) is 35.5 Å². The van der Waals surface area contributed by atoms with E-state index in [4.69, 9.17) is 9.47 Å². The number of rotatable bonds is 6. The number of ether oxygens (including phenoxy) is 2. The molecule has 0 saturated heterocycles. The first-order valence-corrected chi connectivity index (χ1v) is 6.79. The van der Waals surface area contributed by atoms with Crippen LogP contribution in [0.4, 0.5) is 0 Å². The number of carbonyl (C=O) groups excluding carboxylic acids is 1. The van der Waals surface area contributed by atoms with Gasteiger partial charge in [-0.05, 0) is 36.8 Å². The van der Waals surface area contributed by atoms with Crippen LogP contribution < -0.4 is 4.74 Å². The Morgan fingerprint density at radius 2 is 1.81 bits per heavy atom. The van der Waals surface area contributed by atoms with Crippen molar-refractivity contribution in [2.24, 2.45) is 0 Å². The molecule has 0 aliphatic heterocycles. The van der Waals surface area contributed by atoms with E-state index in [0.717, 1.165) is 5.56 Å². The lowest BCUT2D eigenvalue weighted by Crippen LogP contribution is -2.12. The highest BCUT2D eigenvalue weighted by molar-refractivity contribution is 5.89. The quantitative estimate of drug-likeness (QED) is 0.593. The maximum atomic E-state index is 11.8. The predicted octanol–water partition coefficient (Wildman–Crippen LogP) is 4.00. The van der Waals surface area contributed by atoms with Crippen LogP contribution in [0.3, 0.4) is 0 Å². The minimum absolute atomic E-state index is 0.300. The third-order valence-corrected chi connectivity index (χ3v) is 2.96. The van der Waals surface area contributed by atoms with Crippen LogP contribution in [0.1, 0.15) is 22.8 Å². The van der Waals surface area contributed by atoms with Crippen molar-refractivity contribution >= 4 is 5.97 Å². The molecule has 0 spiro atoms. The SMILES string of the molecule is C=CC(C)OC(=O)c1ccc(OCc2ccccc2)cc1. The minimum Gasteiger partial charge on any atom is -0.489 e. The molecule has 0 fully saturated rings. The van der Waals surface area contributed by atoms with Gasteiger partial charge >= 0.3 is 5.97 Å². The molecule has 0 amide bonds. The van der Waals surface area contributed by atoms with Crippen molar-refractivity contribution < 1.29 is 14.3 Å². The Bertz CT molecular complexity index is 588. The lowest BCUT2D eigenvalue weighted by Gasteiger charge is -2.10. The van der Waals surface area contributed by atoms with Crippen LogP contribution >= 0.6 is 0 Å². The molecule has 3 heteroatoms. The maximum Gasteiger partial charge on any atom is 0.338 e. The molecule has 3 nitrogen and oxygen atoms in total. The monoisotopic (exact) mass is 282 g/mol. The molecule has 1 unspecified atom stereocenters. The number of esters is 1. The normalized spacial score (nSPS) is 11.5. The van der Waals surface area contributed by atoms with Gasteiger partial charge in [-0.2, -0.15) is 0 Å². The van der Waals surface area contributed by atoms with E-state index in [-0.39, 0.29) is 12.1 Å². The maximum absolute atomic E-state index is 11.8. The van der Waals surface area contributed by atoms with Crippen molar-refractivity contribution in [3.63, 3.8) is 0 Å². The lowest BCUT2D eigenvalue weighted by atomic mass is 10.2. The van der Waals surface area contributed by atoms with Crippen LogP contribution in [0.2, 0.25) is 0 Å². The fourth-order valence-corrected chi connectivity index (χ4v) is 1.71. The molecule has 0 N–H and O–H groups in total. The number of benzene rings is 2. The van der Waals surface area contributed by atoms with E-state index < -0.39 is 0 Å². The highest BCUT2D eigenvalue weighted by atomic mass is 16.5. The first kappa shape index (κ1) is 14.9. The van der Waals surface area contributed by atoms with Gasteiger partial charge in [0.15, 0.2) is 0 Å². The Morgan fingerprint density at radius 1 is 1.14 bits per heavy atom. The Kier molecular flexibility index (Phi) is 5.16. The summed E-state index contributed by atoms with van der Waals surface area (Å²) in [5, 5.41) is 0. The van der Waals surface area contributed by atoms with Crippen LogP contribution in [-0.2, 0) is 11.3 Å². The van der Waals surface area contributed by atoms with Gasteiger partial charge in [0.2, 0.25) is 0 Å². The van der Waals surface area contributed by atoms with E-state index in [1.165, 1.54) is 0 Å². The van der Waals surface area contributed by atoms with Gasteiger partial charge in [0.05, 0.1) is 5.56 Å². The third-order valence-electron chi connectivity index (χ3n) is 2.96. The molecule has 0 aliphatic carbocycles. The van der Waals surface area contributed by atoms with Gasteiger partial charge in [-0.15, -0.1) is 0 Å². The molecule has 0 bridgehead atoms. The number of hydrogen-bond donors (Lipinski definition) is 0. The van der Waals surface area contributed by atoms with Gasteiger partial charge in [0.25, 0.3) is 0 Å². The standard InChI is InChI=1S/C18H18O3/c1-3-14(2)21-18(19)16-9-11-17(12-10-16)20-13-15-7-5-4-6-8-15/h3-12,14H,1,13H2,2H3. The molecule has 0 heterocycles. The summed E-state index contributed by atoms with van der Waals surface area (Å²) < 4.78 is 10.8. The van der Waals surface area contributed by atoms with Gasteiger partial charge in [-0.25, -0.2) is 4.79 Å². The summed E-state index contributed by atoms with van der Waals surface area (Å²) in [6, 6.07) is 16.8. The fraction of sp³-hybridized carbons (Fsp3) is 0.167. The molecule has 0 aromatic heterocycles. The number of carbonyl (C=O) groups is 1. The van der Waals surface area contributed by atoms with E-state index in [1.54, 1.807) is 37.3 Å². The van der Waals surface area contributed by atoms with E-state index in [2.05, 4.69) is 6.58 Å². The van der Waals surface area contributed by atoms with Gasteiger partial charge in [0.1, 0.15) is 18.5 Å². The molecule has 0 aliphatic rings. The van der Waals surface area contributed by atoms with Crippen molar-refractivity contribution in [2.45, 2.75) is 19.6 Å². The fourth-order valence-electron chi connectivity index (χ4n) is 1.71. The van der Waals surface area contributed by atoms with Gasteiger partial charge in [-0.3, -0.25) is 0 Å². The second kappa shape index (κ2) is 7.29. The molecule has 2 aromatic carbocycles. The summed E-state index contributed by atoms with van der Waals surface area (Å²) in [6.45, 7) is 5.84. The van der Waals surface area contributed by atoms with Gasteiger partial charge in [0, 0.05) is 0 Å². The van der Waals surface area contributed by atoms with Crippen molar-refractivity contribution in [1.29, 1.82) is 0 Å². The van der Waals surface area contributed by atoms with Crippen LogP contribution in [0.25, 0.3) is 0 Å². The summed E-state index contributed by atoms with van der Waals surface area (Å²) in [5.74, 6) is 0.351. The largest absolute Gasteiger partial charge is 0.489 e. The predicted molar refractivity (Wildman–Crippen MR) is 82.3 cm³/mol. The Hall–Kier alpha value is -2.55. The van der Waals surface area contributed by atoms with Crippen molar-refractivity contribution in [3.8, 4) is 5.75 Å². The summed E-state index contributed by atoms with van der Waals surface area (Å²) in [5.41, 5.74) is 1.59.